The average Bonchev–Trinajstić information content (AvgIpc) is 2.95. The van der Waals surface area contributed by atoms with Gasteiger partial charge in [-0.25, -0.2) is 0 Å². The maximum atomic E-state index is 13.1. The summed E-state index contributed by atoms with van der Waals surface area (Å²) < 4.78 is 1.90. The van der Waals surface area contributed by atoms with Gasteiger partial charge in [-0.2, -0.15) is 0 Å². The van der Waals surface area contributed by atoms with Crippen molar-refractivity contribution in [3.05, 3.63) is 48.2 Å². The van der Waals surface area contributed by atoms with Crippen molar-refractivity contribution >= 4 is 11.8 Å². The highest BCUT2D eigenvalue weighted by molar-refractivity contribution is 5.99. The predicted molar refractivity (Wildman–Crippen MR) is 93.6 cm³/mol. The molecular formula is C19H23N3O2. The molecule has 1 aliphatic rings. The highest BCUT2D eigenvalue weighted by atomic mass is 16.2. The number of benzene rings is 1. The Morgan fingerprint density at radius 2 is 1.67 bits per heavy atom. The van der Waals surface area contributed by atoms with Crippen LogP contribution in [0.2, 0.25) is 0 Å². The molecular weight excluding hydrogens is 302 g/mol. The van der Waals surface area contributed by atoms with Gasteiger partial charge in [0.1, 0.15) is 11.2 Å². The lowest BCUT2D eigenvalue weighted by Crippen LogP contribution is -2.63. The van der Waals surface area contributed by atoms with E-state index in [1.54, 1.807) is 16.8 Å². The van der Waals surface area contributed by atoms with Crippen LogP contribution in [0.1, 0.15) is 24.3 Å². The lowest BCUT2D eigenvalue weighted by molar-refractivity contribution is -0.144. The van der Waals surface area contributed by atoms with Crippen molar-refractivity contribution in [1.82, 2.24) is 14.4 Å². The summed E-state index contributed by atoms with van der Waals surface area (Å²) in [6.45, 7) is 4.72. The van der Waals surface area contributed by atoms with Gasteiger partial charge in [0.25, 0.3) is 5.91 Å². The molecule has 5 heteroatoms. The van der Waals surface area contributed by atoms with Gasteiger partial charge in [-0.3, -0.25) is 9.59 Å². The molecule has 0 spiro atoms. The van der Waals surface area contributed by atoms with E-state index < -0.39 is 5.54 Å². The van der Waals surface area contributed by atoms with Gasteiger partial charge in [0.05, 0.1) is 0 Å². The predicted octanol–water partition coefficient (Wildman–Crippen LogP) is 2.38. The molecule has 0 unspecified atom stereocenters. The summed E-state index contributed by atoms with van der Waals surface area (Å²) in [5.41, 5.74) is 1.81. The molecule has 126 valence electrons. The third-order valence-corrected chi connectivity index (χ3v) is 4.86. The number of nitrogens with zero attached hydrogens (tertiary/aromatic N) is 3. The third kappa shape index (κ3) is 2.50. The minimum Gasteiger partial charge on any atom is -0.342 e. The van der Waals surface area contributed by atoms with E-state index in [9.17, 15) is 9.59 Å². The Morgan fingerprint density at radius 3 is 2.33 bits per heavy atom. The first-order valence-corrected chi connectivity index (χ1v) is 8.12. The van der Waals surface area contributed by atoms with Crippen LogP contribution < -0.4 is 0 Å². The van der Waals surface area contributed by atoms with E-state index in [4.69, 9.17) is 0 Å². The van der Waals surface area contributed by atoms with Gasteiger partial charge in [-0.15, -0.1) is 0 Å². The number of aromatic nitrogens is 1. The molecule has 0 N–H and O–H groups in total. The molecule has 3 rings (SSSR count). The number of rotatable bonds is 2. The fourth-order valence-electron chi connectivity index (χ4n) is 3.33. The van der Waals surface area contributed by atoms with Crippen molar-refractivity contribution in [1.29, 1.82) is 0 Å². The monoisotopic (exact) mass is 325 g/mol. The Morgan fingerprint density at radius 1 is 1.00 bits per heavy atom. The highest BCUT2D eigenvalue weighted by Gasteiger charge is 2.43. The second kappa shape index (κ2) is 5.82. The maximum Gasteiger partial charge on any atom is 0.271 e. The molecule has 1 saturated heterocycles. The number of likely N-dealkylation sites (N-methyl/N-ethyl adjacent to an activating group) is 1. The molecule has 0 saturated carbocycles. The number of piperazine rings is 1. The first-order valence-electron chi connectivity index (χ1n) is 8.12. The van der Waals surface area contributed by atoms with Crippen LogP contribution >= 0.6 is 0 Å². The van der Waals surface area contributed by atoms with Crippen LogP contribution in [0.15, 0.2) is 42.5 Å². The topological polar surface area (TPSA) is 45.5 Å². The van der Waals surface area contributed by atoms with E-state index in [1.807, 2.05) is 67.9 Å². The van der Waals surface area contributed by atoms with Crippen molar-refractivity contribution < 1.29 is 9.59 Å². The van der Waals surface area contributed by atoms with Crippen LogP contribution in [0.25, 0.3) is 11.3 Å². The summed E-state index contributed by atoms with van der Waals surface area (Å²) >= 11 is 0. The number of hydrogen-bond donors (Lipinski definition) is 0. The van der Waals surface area contributed by atoms with Gasteiger partial charge in [0.15, 0.2) is 0 Å². The van der Waals surface area contributed by atoms with E-state index in [1.165, 1.54) is 0 Å². The normalized spacial score (nSPS) is 17.2. The number of carbonyl (C=O) groups excluding carboxylic acids is 2. The van der Waals surface area contributed by atoms with Crippen LogP contribution in [0.5, 0.6) is 0 Å². The smallest absolute Gasteiger partial charge is 0.271 e. The van der Waals surface area contributed by atoms with Crippen molar-refractivity contribution in [3.63, 3.8) is 0 Å². The quantitative estimate of drug-likeness (QED) is 0.851. The van der Waals surface area contributed by atoms with Crippen molar-refractivity contribution in [2.45, 2.75) is 19.4 Å². The Balaban J connectivity index is 1.94. The molecule has 0 atom stereocenters. The van der Waals surface area contributed by atoms with Crippen LogP contribution in [0, 0.1) is 0 Å². The Hall–Kier alpha value is -2.56. The molecule has 24 heavy (non-hydrogen) atoms. The van der Waals surface area contributed by atoms with Crippen LogP contribution in [-0.4, -0.2) is 51.9 Å². The molecule has 1 aromatic carbocycles. The van der Waals surface area contributed by atoms with E-state index in [2.05, 4.69) is 0 Å². The van der Waals surface area contributed by atoms with Crippen LogP contribution in [-0.2, 0) is 11.8 Å². The van der Waals surface area contributed by atoms with Crippen molar-refractivity contribution in [3.8, 4) is 11.3 Å². The minimum atomic E-state index is -0.832. The summed E-state index contributed by atoms with van der Waals surface area (Å²) in [4.78, 5) is 28.9. The summed E-state index contributed by atoms with van der Waals surface area (Å²) in [6, 6.07) is 13.8. The lowest BCUT2D eigenvalue weighted by atomic mass is 9.97. The van der Waals surface area contributed by atoms with Crippen LogP contribution in [0.4, 0.5) is 0 Å². The zero-order valence-electron chi connectivity index (χ0n) is 14.6. The second-order valence-corrected chi connectivity index (χ2v) is 6.77. The zero-order valence-corrected chi connectivity index (χ0v) is 14.6. The van der Waals surface area contributed by atoms with E-state index in [0.717, 1.165) is 11.3 Å². The zero-order chi connectivity index (χ0) is 17.5. The summed E-state index contributed by atoms with van der Waals surface area (Å²) in [5, 5.41) is 0. The van der Waals surface area contributed by atoms with Gasteiger partial charge >= 0.3 is 0 Å². The van der Waals surface area contributed by atoms with Gasteiger partial charge in [-0.05, 0) is 31.5 Å². The second-order valence-electron chi connectivity index (χ2n) is 6.77. The molecule has 2 amide bonds. The summed E-state index contributed by atoms with van der Waals surface area (Å²) in [5.74, 6) is -0.134. The molecule has 0 bridgehead atoms. The molecule has 1 fully saturated rings. The van der Waals surface area contributed by atoms with Crippen LogP contribution in [0.3, 0.4) is 0 Å². The minimum absolute atomic E-state index is 0.0282. The molecule has 1 aromatic heterocycles. The first kappa shape index (κ1) is 16.3. The fourth-order valence-corrected chi connectivity index (χ4v) is 3.33. The molecule has 1 aliphatic heterocycles. The molecule has 5 nitrogen and oxygen atoms in total. The van der Waals surface area contributed by atoms with E-state index >= 15 is 0 Å². The average molecular weight is 325 g/mol. The van der Waals surface area contributed by atoms with Gasteiger partial charge in [-0.1, -0.05) is 30.3 Å². The maximum absolute atomic E-state index is 13.1. The highest BCUT2D eigenvalue weighted by Crippen LogP contribution is 2.27. The van der Waals surface area contributed by atoms with Gasteiger partial charge in [0, 0.05) is 32.9 Å². The Kier molecular flexibility index (Phi) is 3.95. The Labute approximate surface area is 142 Å². The van der Waals surface area contributed by atoms with E-state index in [-0.39, 0.29) is 11.8 Å². The third-order valence-electron chi connectivity index (χ3n) is 4.86. The standard InChI is InChI=1S/C19H23N3O2/c1-19(2)18(24)20(3)12-13-22(19)17(23)16-11-10-15(21(16)4)14-8-6-5-7-9-14/h5-11H,12-13H2,1-4H3. The number of carbonyl (C=O) groups is 2. The number of hydrogen-bond acceptors (Lipinski definition) is 2. The van der Waals surface area contributed by atoms with Gasteiger partial charge < -0.3 is 14.4 Å². The summed E-state index contributed by atoms with van der Waals surface area (Å²) in [6.07, 6.45) is 0. The molecule has 2 aromatic rings. The fraction of sp³-hybridized carbons (Fsp3) is 0.368. The van der Waals surface area contributed by atoms with Crippen molar-refractivity contribution in [2.75, 3.05) is 20.1 Å². The molecule has 2 heterocycles. The summed E-state index contributed by atoms with van der Waals surface area (Å²) in [7, 11) is 3.67. The van der Waals surface area contributed by atoms with Gasteiger partial charge in [0.2, 0.25) is 5.91 Å². The molecule has 0 aliphatic carbocycles. The largest absolute Gasteiger partial charge is 0.342 e. The first-order chi connectivity index (χ1) is 11.3. The lowest BCUT2D eigenvalue weighted by Gasteiger charge is -2.44. The molecule has 0 radical (unpaired) electrons. The number of amides is 2. The SMILES string of the molecule is CN1CCN(C(=O)c2ccc(-c3ccccc3)n2C)C(C)(C)C1=O. The van der Waals surface area contributed by atoms with Crippen molar-refractivity contribution in [2.24, 2.45) is 7.05 Å². The van der Waals surface area contributed by atoms with E-state index in [0.29, 0.717) is 18.8 Å². The Bertz CT molecular complexity index is 777.